The van der Waals surface area contributed by atoms with Crippen LogP contribution in [0.2, 0.25) is 5.15 Å². The molecule has 0 unspecified atom stereocenters. The number of hydrogen-bond donors (Lipinski definition) is 0. The summed E-state index contributed by atoms with van der Waals surface area (Å²) in [4.78, 5) is 8.84. The van der Waals surface area contributed by atoms with Crippen molar-refractivity contribution in [2.24, 2.45) is 0 Å². The van der Waals surface area contributed by atoms with Crippen molar-refractivity contribution in [2.75, 3.05) is 0 Å². The van der Waals surface area contributed by atoms with Crippen LogP contribution in [0.4, 0.5) is 0 Å². The van der Waals surface area contributed by atoms with E-state index in [9.17, 15) is 0 Å². The first-order valence-corrected chi connectivity index (χ1v) is 7.27. The fourth-order valence-corrected chi connectivity index (χ4v) is 2.14. The standard InChI is InChI=1S/C16H19ClN2O/c1-4-5-13-10-15(17)19-16(18-13)12-6-8-14(9-7-12)20-11(2)3/h6-11H,4-5H2,1-3H3. The van der Waals surface area contributed by atoms with Crippen molar-refractivity contribution in [3.8, 4) is 17.1 Å². The molecule has 0 radical (unpaired) electrons. The molecule has 0 fully saturated rings. The minimum atomic E-state index is 0.166. The molecule has 2 rings (SSSR count). The van der Waals surface area contributed by atoms with Crippen molar-refractivity contribution in [3.05, 3.63) is 41.2 Å². The normalized spacial score (nSPS) is 10.8. The second kappa shape index (κ2) is 6.71. The summed E-state index contributed by atoms with van der Waals surface area (Å²) in [7, 11) is 0. The van der Waals surface area contributed by atoms with Gasteiger partial charge in [0.05, 0.1) is 6.10 Å². The zero-order valence-corrected chi connectivity index (χ0v) is 12.8. The molecule has 0 N–H and O–H groups in total. The van der Waals surface area contributed by atoms with Crippen molar-refractivity contribution in [1.82, 2.24) is 9.97 Å². The second-order valence-electron chi connectivity index (χ2n) is 4.95. The molecule has 0 saturated heterocycles. The summed E-state index contributed by atoms with van der Waals surface area (Å²) in [6.07, 6.45) is 2.11. The van der Waals surface area contributed by atoms with Crippen LogP contribution in [0.15, 0.2) is 30.3 Å². The topological polar surface area (TPSA) is 35.0 Å². The van der Waals surface area contributed by atoms with Gasteiger partial charge in [0.1, 0.15) is 10.9 Å². The molecule has 0 aliphatic heterocycles. The Morgan fingerprint density at radius 2 is 1.85 bits per heavy atom. The van der Waals surface area contributed by atoms with E-state index in [-0.39, 0.29) is 6.10 Å². The first-order valence-electron chi connectivity index (χ1n) is 6.89. The summed E-state index contributed by atoms with van der Waals surface area (Å²) < 4.78 is 5.62. The van der Waals surface area contributed by atoms with Crippen LogP contribution in [0.3, 0.4) is 0 Å². The third kappa shape index (κ3) is 3.94. The van der Waals surface area contributed by atoms with Gasteiger partial charge in [-0.1, -0.05) is 24.9 Å². The largest absolute Gasteiger partial charge is 0.491 e. The molecule has 1 heterocycles. The maximum Gasteiger partial charge on any atom is 0.161 e. The van der Waals surface area contributed by atoms with E-state index in [1.54, 1.807) is 0 Å². The summed E-state index contributed by atoms with van der Waals surface area (Å²) in [5.74, 6) is 1.51. The van der Waals surface area contributed by atoms with E-state index in [2.05, 4.69) is 16.9 Å². The van der Waals surface area contributed by atoms with Crippen molar-refractivity contribution < 1.29 is 4.74 Å². The molecule has 0 atom stereocenters. The highest BCUT2D eigenvalue weighted by atomic mass is 35.5. The molecule has 106 valence electrons. The molecule has 0 spiro atoms. The van der Waals surface area contributed by atoms with E-state index in [1.807, 2.05) is 44.2 Å². The molecule has 3 nitrogen and oxygen atoms in total. The highest BCUT2D eigenvalue weighted by Crippen LogP contribution is 2.22. The maximum atomic E-state index is 6.06. The Kier molecular flexibility index (Phi) is 4.96. The minimum absolute atomic E-state index is 0.166. The average Bonchev–Trinajstić information content (AvgIpc) is 2.38. The Morgan fingerprint density at radius 3 is 2.45 bits per heavy atom. The van der Waals surface area contributed by atoms with Crippen molar-refractivity contribution in [3.63, 3.8) is 0 Å². The molecule has 1 aromatic heterocycles. The zero-order valence-electron chi connectivity index (χ0n) is 12.1. The fraction of sp³-hybridized carbons (Fsp3) is 0.375. The van der Waals surface area contributed by atoms with Gasteiger partial charge in [0, 0.05) is 11.3 Å². The second-order valence-corrected chi connectivity index (χ2v) is 5.33. The molecule has 0 aliphatic rings. The predicted octanol–water partition coefficient (Wildman–Crippen LogP) is 4.54. The molecular weight excluding hydrogens is 272 g/mol. The van der Waals surface area contributed by atoms with E-state index < -0.39 is 0 Å². The number of halogens is 1. The summed E-state index contributed by atoms with van der Waals surface area (Å²) in [6.45, 7) is 6.13. The summed E-state index contributed by atoms with van der Waals surface area (Å²) in [5.41, 5.74) is 1.92. The first kappa shape index (κ1) is 14.8. The molecule has 1 aromatic carbocycles. The van der Waals surface area contributed by atoms with Crippen LogP contribution in [-0.2, 0) is 6.42 Å². The SMILES string of the molecule is CCCc1cc(Cl)nc(-c2ccc(OC(C)C)cc2)n1. The van der Waals surface area contributed by atoms with Gasteiger partial charge < -0.3 is 4.74 Å². The molecule has 0 saturated carbocycles. The number of hydrogen-bond acceptors (Lipinski definition) is 3. The third-order valence-corrected chi connectivity index (χ3v) is 2.93. The lowest BCUT2D eigenvalue weighted by atomic mass is 10.2. The third-order valence-electron chi connectivity index (χ3n) is 2.74. The smallest absolute Gasteiger partial charge is 0.161 e. The quantitative estimate of drug-likeness (QED) is 0.759. The van der Waals surface area contributed by atoms with E-state index in [0.717, 1.165) is 29.8 Å². The van der Waals surface area contributed by atoms with E-state index in [1.165, 1.54) is 0 Å². The predicted molar refractivity (Wildman–Crippen MR) is 82.2 cm³/mol. The number of nitrogens with zero attached hydrogens (tertiary/aromatic N) is 2. The Hall–Kier alpha value is -1.61. The molecule has 20 heavy (non-hydrogen) atoms. The molecule has 0 amide bonds. The van der Waals surface area contributed by atoms with Gasteiger partial charge in [0.25, 0.3) is 0 Å². The molecular formula is C16H19ClN2O. The van der Waals surface area contributed by atoms with Crippen molar-refractivity contribution in [1.29, 1.82) is 0 Å². The molecule has 2 aromatic rings. The number of aryl methyl sites for hydroxylation is 1. The lowest BCUT2D eigenvalue weighted by Gasteiger charge is -2.10. The lowest BCUT2D eigenvalue weighted by molar-refractivity contribution is 0.242. The van der Waals surface area contributed by atoms with Crippen molar-refractivity contribution in [2.45, 2.75) is 39.7 Å². The Balaban J connectivity index is 2.26. The Morgan fingerprint density at radius 1 is 1.15 bits per heavy atom. The molecule has 0 bridgehead atoms. The fourth-order valence-electron chi connectivity index (χ4n) is 1.93. The molecule has 0 aliphatic carbocycles. The first-order chi connectivity index (χ1) is 9.58. The maximum absolute atomic E-state index is 6.06. The van der Waals surface area contributed by atoms with Gasteiger partial charge in [-0.3, -0.25) is 0 Å². The summed E-state index contributed by atoms with van der Waals surface area (Å²) in [5, 5.41) is 0.487. The average molecular weight is 291 g/mol. The number of benzene rings is 1. The summed E-state index contributed by atoms with van der Waals surface area (Å²) in [6, 6.07) is 9.60. The monoisotopic (exact) mass is 290 g/mol. The van der Waals surface area contributed by atoms with Crippen LogP contribution in [0.5, 0.6) is 5.75 Å². The van der Waals surface area contributed by atoms with Crippen LogP contribution in [0.25, 0.3) is 11.4 Å². The van der Waals surface area contributed by atoms with Crippen molar-refractivity contribution >= 4 is 11.6 Å². The van der Waals surface area contributed by atoms with E-state index >= 15 is 0 Å². The van der Waals surface area contributed by atoms with Crippen LogP contribution in [0.1, 0.15) is 32.9 Å². The Bertz CT molecular complexity index is 567. The highest BCUT2D eigenvalue weighted by Gasteiger charge is 2.06. The highest BCUT2D eigenvalue weighted by molar-refractivity contribution is 6.29. The van der Waals surface area contributed by atoms with E-state index in [0.29, 0.717) is 11.0 Å². The number of aromatic nitrogens is 2. The Labute approximate surface area is 125 Å². The van der Waals surface area contributed by atoms with Gasteiger partial charge in [0.15, 0.2) is 5.82 Å². The van der Waals surface area contributed by atoms with Crippen LogP contribution in [0, 0.1) is 0 Å². The minimum Gasteiger partial charge on any atom is -0.491 e. The van der Waals surface area contributed by atoms with Crippen LogP contribution < -0.4 is 4.74 Å². The van der Waals surface area contributed by atoms with Crippen LogP contribution in [-0.4, -0.2) is 16.1 Å². The van der Waals surface area contributed by atoms with Gasteiger partial charge in [-0.2, -0.15) is 0 Å². The van der Waals surface area contributed by atoms with Crippen LogP contribution >= 0.6 is 11.6 Å². The number of ether oxygens (including phenoxy) is 1. The zero-order chi connectivity index (χ0) is 14.5. The van der Waals surface area contributed by atoms with Gasteiger partial charge in [-0.25, -0.2) is 9.97 Å². The van der Waals surface area contributed by atoms with E-state index in [4.69, 9.17) is 16.3 Å². The van der Waals surface area contributed by atoms with Gasteiger partial charge >= 0.3 is 0 Å². The lowest BCUT2D eigenvalue weighted by Crippen LogP contribution is -2.05. The van der Waals surface area contributed by atoms with Gasteiger partial charge in [0.2, 0.25) is 0 Å². The summed E-state index contributed by atoms with van der Waals surface area (Å²) >= 11 is 6.06. The van der Waals surface area contributed by atoms with Gasteiger partial charge in [-0.15, -0.1) is 0 Å². The molecule has 4 heteroatoms. The number of rotatable bonds is 5. The van der Waals surface area contributed by atoms with Gasteiger partial charge in [-0.05, 0) is 50.6 Å².